The van der Waals surface area contributed by atoms with Gasteiger partial charge in [0.1, 0.15) is 6.04 Å². The van der Waals surface area contributed by atoms with Crippen LogP contribution in [0, 0.1) is 17.2 Å². The molecule has 0 unspecified atom stereocenters. The molecule has 0 N–H and O–H groups in total. The maximum Gasteiger partial charge on any atom is 0.245 e. The van der Waals surface area contributed by atoms with Crippen LogP contribution in [0.1, 0.15) is 50.0 Å². The van der Waals surface area contributed by atoms with Gasteiger partial charge in [0.2, 0.25) is 11.8 Å². The lowest BCUT2D eigenvalue weighted by atomic mass is 9.90. The minimum Gasteiger partial charge on any atom is -0.339 e. The Morgan fingerprint density at radius 2 is 1.88 bits per heavy atom. The first kappa shape index (κ1) is 17.1. The third-order valence-corrected chi connectivity index (χ3v) is 6.28. The smallest absolute Gasteiger partial charge is 0.245 e. The molecule has 0 spiro atoms. The van der Waals surface area contributed by atoms with Gasteiger partial charge in [-0.15, -0.1) is 0 Å². The number of rotatable bonds is 2. The van der Waals surface area contributed by atoms with Crippen LogP contribution in [0.4, 0.5) is 0 Å². The normalized spacial score (nSPS) is 31.4. The molecule has 1 aromatic carbocycles. The number of amides is 2. The van der Waals surface area contributed by atoms with Crippen LogP contribution in [-0.4, -0.2) is 46.8 Å². The zero-order chi connectivity index (χ0) is 18.1. The minimum atomic E-state index is -0.320. The molecule has 3 fully saturated rings. The van der Waals surface area contributed by atoms with Gasteiger partial charge < -0.3 is 9.80 Å². The van der Waals surface area contributed by atoms with E-state index in [1.807, 2.05) is 40.1 Å². The molecule has 0 aromatic heterocycles. The average Bonchev–Trinajstić information content (AvgIpc) is 3.25. The summed E-state index contributed by atoms with van der Waals surface area (Å²) in [5.41, 5.74) is 1.12. The second-order valence-corrected chi connectivity index (χ2v) is 7.79. The Bertz CT molecular complexity index is 727. The number of nitrogens with zero attached hydrogens (tertiary/aromatic N) is 3. The van der Waals surface area contributed by atoms with Crippen molar-refractivity contribution >= 4 is 11.8 Å². The quantitative estimate of drug-likeness (QED) is 0.823. The molecule has 2 amide bonds. The summed E-state index contributed by atoms with van der Waals surface area (Å²) in [6, 6.07) is 12.3. The molecule has 0 saturated carbocycles. The summed E-state index contributed by atoms with van der Waals surface area (Å²) in [6.45, 7) is 1.04. The molecule has 3 aliphatic heterocycles. The predicted octanol–water partition coefficient (Wildman–Crippen LogP) is 2.69. The van der Waals surface area contributed by atoms with Crippen LogP contribution in [0.25, 0.3) is 0 Å². The van der Waals surface area contributed by atoms with Gasteiger partial charge >= 0.3 is 0 Å². The molecule has 1 aromatic rings. The molecule has 5 heteroatoms. The molecule has 3 saturated heterocycles. The van der Waals surface area contributed by atoms with Crippen molar-refractivity contribution in [1.29, 1.82) is 5.26 Å². The highest BCUT2D eigenvalue weighted by molar-refractivity contribution is 5.89. The average molecular weight is 351 g/mol. The number of likely N-dealkylation sites (tertiary alicyclic amines) is 1. The zero-order valence-electron chi connectivity index (χ0n) is 15.0. The first-order valence-corrected chi connectivity index (χ1v) is 9.73. The van der Waals surface area contributed by atoms with E-state index in [4.69, 9.17) is 0 Å². The summed E-state index contributed by atoms with van der Waals surface area (Å²) in [4.78, 5) is 29.5. The third-order valence-electron chi connectivity index (χ3n) is 6.28. The van der Waals surface area contributed by atoms with Gasteiger partial charge in [-0.3, -0.25) is 9.59 Å². The Morgan fingerprint density at radius 3 is 2.65 bits per heavy atom. The lowest BCUT2D eigenvalue weighted by Gasteiger charge is -2.30. The molecule has 4 atom stereocenters. The summed E-state index contributed by atoms with van der Waals surface area (Å²) in [5, 5.41) is 9.58. The molecular weight excluding hydrogens is 326 g/mol. The van der Waals surface area contributed by atoms with Crippen molar-refractivity contribution < 1.29 is 9.59 Å². The Hall–Kier alpha value is -2.35. The van der Waals surface area contributed by atoms with Crippen molar-refractivity contribution in [1.82, 2.24) is 9.80 Å². The predicted molar refractivity (Wildman–Crippen MR) is 97.0 cm³/mol. The topological polar surface area (TPSA) is 64.4 Å². The van der Waals surface area contributed by atoms with Crippen LogP contribution in [0.2, 0.25) is 0 Å². The molecule has 0 aliphatic carbocycles. The SMILES string of the molecule is N#C[C@@H]1CN(C(=O)[C@@H]2CC[C@@H]3CCCCC(=O)N32)C[C@H]1c1ccccc1. The number of carbonyl (C=O) groups is 2. The van der Waals surface area contributed by atoms with E-state index in [0.29, 0.717) is 19.5 Å². The highest BCUT2D eigenvalue weighted by atomic mass is 16.2. The van der Waals surface area contributed by atoms with Gasteiger partial charge in [0.05, 0.1) is 12.0 Å². The van der Waals surface area contributed by atoms with Gasteiger partial charge in [-0.05, 0) is 31.2 Å². The van der Waals surface area contributed by atoms with Crippen molar-refractivity contribution in [2.75, 3.05) is 13.1 Å². The highest BCUT2D eigenvalue weighted by Gasteiger charge is 2.45. The summed E-state index contributed by atoms with van der Waals surface area (Å²) in [5.74, 6) is 0.0565. The standard InChI is InChI=1S/C21H25N3O2/c22-12-16-13-23(14-18(16)15-6-2-1-3-7-15)21(26)19-11-10-17-8-4-5-9-20(25)24(17)19/h1-3,6-7,16-19H,4-5,8-11,13-14H2/t16-,17+,18+,19+/m1/s1. The van der Waals surface area contributed by atoms with Crippen molar-refractivity contribution in [3.63, 3.8) is 0 Å². The molecular formula is C21H25N3O2. The van der Waals surface area contributed by atoms with E-state index in [1.54, 1.807) is 0 Å². The fraction of sp³-hybridized carbons (Fsp3) is 0.571. The van der Waals surface area contributed by atoms with Crippen LogP contribution in [0.5, 0.6) is 0 Å². The second-order valence-electron chi connectivity index (χ2n) is 7.79. The molecule has 5 nitrogen and oxygen atoms in total. The third kappa shape index (κ3) is 2.98. The zero-order valence-corrected chi connectivity index (χ0v) is 15.0. The Labute approximate surface area is 154 Å². The monoisotopic (exact) mass is 351 g/mol. The van der Waals surface area contributed by atoms with Gasteiger partial charge in [-0.25, -0.2) is 0 Å². The molecule has 0 radical (unpaired) electrons. The van der Waals surface area contributed by atoms with Gasteiger partial charge in [-0.2, -0.15) is 5.26 Å². The number of fused-ring (bicyclic) bond motifs is 1. The number of nitriles is 1. The maximum atomic E-state index is 13.2. The number of benzene rings is 1. The van der Waals surface area contributed by atoms with E-state index >= 15 is 0 Å². The van der Waals surface area contributed by atoms with E-state index in [9.17, 15) is 14.9 Å². The largest absolute Gasteiger partial charge is 0.339 e. The molecule has 3 aliphatic rings. The lowest BCUT2D eigenvalue weighted by Crippen LogP contribution is -2.49. The van der Waals surface area contributed by atoms with Crippen molar-refractivity contribution in [2.45, 2.75) is 56.5 Å². The summed E-state index contributed by atoms with van der Waals surface area (Å²) in [6.07, 6.45) is 5.28. The van der Waals surface area contributed by atoms with Gasteiger partial charge in [0.15, 0.2) is 0 Å². The van der Waals surface area contributed by atoms with Crippen LogP contribution in [-0.2, 0) is 9.59 Å². The van der Waals surface area contributed by atoms with Gasteiger partial charge in [-0.1, -0.05) is 36.8 Å². The van der Waals surface area contributed by atoms with Crippen molar-refractivity contribution in [3.8, 4) is 6.07 Å². The van der Waals surface area contributed by atoms with E-state index in [-0.39, 0.29) is 35.7 Å². The number of carbonyl (C=O) groups excluding carboxylic acids is 2. The van der Waals surface area contributed by atoms with Crippen molar-refractivity contribution in [3.05, 3.63) is 35.9 Å². The summed E-state index contributed by atoms with van der Waals surface area (Å²) in [7, 11) is 0. The van der Waals surface area contributed by atoms with E-state index in [2.05, 4.69) is 6.07 Å². The summed E-state index contributed by atoms with van der Waals surface area (Å²) < 4.78 is 0. The van der Waals surface area contributed by atoms with Crippen LogP contribution < -0.4 is 0 Å². The Kier molecular flexibility index (Phi) is 4.67. The van der Waals surface area contributed by atoms with Crippen molar-refractivity contribution in [2.24, 2.45) is 5.92 Å². The number of hydrogen-bond donors (Lipinski definition) is 0. The highest BCUT2D eigenvalue weighted by Crippen LogP contribution is 2.36. The fourth-order valence-electron chi connectivity index (χ4n) is 4.93. The molecule has 136 valence electrons. The van der Waals surface area contributed by atoms with Gasteiger partial charge in [0.25, 0.3) is 0 Å². The molecule has 0 bridgehead atoms. The number of hydrogen-bond acceptors (Lipinski definition) is 3. The van der Waals surface area contributed by atoms with Crippen LogP contribution >= 0.6 is 0 Å². The second kappa shape index (κ2) is 7.11. The first-order valence-electron chi connectivity index (χ1n) is 9.73. The van der Waals surface area contributed by atoms with Crippen LogP contribution in [0.3, 0.4) is 0 Å². The van der Waals surface area contributed by atoms with E-state index in [1.165, 1.54) is 0 Å². The van der Waals surface area contributed by atoms with E-state index < -0.39 is 0 Å². The Morgan fingerprint density at radius 1 is 1.08 bits per heavy atom. The minimum absolute atomic E-state index is 0.0430. The Balaban J connectivity index is 1.52. The molecule has 3 heterocycles. The first-order chi connectivity index (χ1) is 12.7. The molecule has 4 rings (SSSR count). The van der Waals surface area contributed by atoms with Crippen LogP contribution in [0.15, 0.2) is 30.3 Å². The lowest BCUT2D eigenvalue weighted by molar-refractivity contribution is -0.144. The molecule has 26 heavy (non-hydrogen) atoms. The van der Waals surface area contributed by atoms with E-state index in [0.717, 1.165) is 37.7 Å². The fourth-order valence-corrected chi connectivity index (χ4v) is 4.93. The van der Waals surface area contributed by atoms with Gasteiger partial charge in [0, 0.05) is 31.5 Å². The maximum absolute atomic E-state index is 13.2. The summed E-state index contributed by atoms with van der Waals surface area (Å²) >= 11 is 0.